The molecule has 3 heterocycles. The maximum Gasteiger partial charge on any atom is 0.352 e. The summed E-state index contributed by atoms with van der Waals surface area (Å²) in [4.78, 5) is 18.2. The molecule has 0 amide bonds. The number of carboxylic acid groups (broad SMARTS) is 1. The summed E-state index contributed by atoms with van der Waals surface area (Å²) in [6.07, 6.45) is 2.62. The third-order valence-corrected chi connectivity index (χ3v) is 9.49. The van der Waals surface area contributed by atoms with Crippen LogP contribution in [0.1, 0.15) is 53.2 Å². The molecule has 0 saturated carbocycles. The molecule has 0 bridgehead atoms. The minimum Gasteiger partial charge on any atom is -0.493 e. The van der Waals surface area contributed by atoms with Gasteiger partial charge in [-0.25, -0.2) is 9.18 Å². The van der Waals surface area contributed by atoms with E-state index >= 15 is 0 Å². The molecule has 248 valence electrons. The summed E-state index contributed by atoms with van der Waals surface area (Å²) in [7, 11) is 3.90. The molecular formula is C36H41ClFN5O4. The highest BCUT2D eigenvalue weighted by Crippen LogP contribution is 2.42. The molecule has 1 unspecified atom stereocenters. The fourth-order valence-corrected chi connectivity index (χ4v) is 7.07. The first-order valence-corrected chi connectivity index (χ1v) is 16.6. The van der Waals surface area contributed by atoms with E-state index in [0.29, 0.717) is 41.3 Å². The third-order valence-electron chi connectivity index (χ3n) is 9.17. The van der Waals surface area contributed by atoms with Gasteiger partial charge in [0.25, 0.3) is 0 Å². The van der Waals surface area contributed by atoms with Crippen LogP contribution < -0.4 is 10.1 Å². The first-order chi connectivity index (χ1) is 22.8. The second-order valence-electron chi connectivity index (χ2n) is 12.0. The molecule has 9 nitrogen and oxygen atoms in total. The van der Waals surface area contributed by atoms with Crippen LogP contribution in [-0.2, 0) is 24.6 Å². The van der Waals surface area contributed by atoms with Crippen LogP contribution in [0, 0.1) is 5.82 Å². The molecule has 0 aliphatic carbocycles. The zero-order chi connectivity index (χ0) is 33.1. The molecule has 1 fully saturated rings. The van der Waals surface area contributed by atoms with E-state index in [0.717, 1.165) is 84.4 Å². The van der Waals surface area contributed by atoms with Crippen molar-refractivity contribution in [3.8, 4) is 16.9 Å². The first-order valence-electron chi connectivity index (χ1n) is 16.2. The number of morpholine rings is 1. The summed E-state index contributed by atoms with van der Waals surface area (Å²) in [6.45, 7) is 6.67. The lowest BCUT2D eigenvalue weighted by atomic mass is 9.94. The van der Waals surface area contributed by atoms with Gasteiger partial charge in [0.1, 0.15) is 17.3 Å². The summed E-state index contributed by atoms with van der Waals surface area (Å²) in [5.41, 5.74) is 5.16. The Morgan fingerprint density at radius 2 is 1.96 bits per heavy atom. The monoisotopic (exact) mass is 661 g/mol. The topological polar surface area (TPSA) is 105 Å². The van der Waals surface area contributed by atoms with Gasteiger partial charge < -0.3 is 24.9 Å². The number of hydrogen-bond donors (Lipinski definition) is 3. The maximum absolute atomic E-state index is 13.7. The Bertz CT molecular complexity index is 1900. The van der Waals surface area contributed by atoms with Crippen molar-refractivity contribution in [1.82, 2.24) is 25.0 Å². The van der Waals surface area contributed by atoms with E-state index in [1.54, 1.807) is 6.07 Å². The number of halogens is 2. The molecule has 0 spiro atoms. The van der Waals surface area contributed by atoms with Crippen LogP contribution in [0.2, 0.25) is 5.02 Å². The predicted octanol–water partition coefficient (Wildman–Crippen LogP) is 6.77. The molecule has 3 aromatic carbocycles. The standard InChI is InChI=1S/C36H41ClFN5O4/c1-4-29-32(35(41-42(29)3)28(39-2)14-15-43-16-19-46-20-17-43)31-27(37)13-12-26-25(34(36(44)45)40-33(26)31)8-6-18-47-30-9-5-7-22-21-23(38)10-11-24(22)30/h5,7,9-13,21,28,39-40H,4,6,8,14-20H2,1-3H3,(H,44,45). The van der Waals surface area contributed by atoms with Gasteiger partial charge in [-0.15, -0.1) is 0 Å². The molecule has 2 aromatic heterocycles. The highest BCUT2D eigenvalue weighted by Gasteiger charge is 2.29. The lowest BCUT2D eigenvalue weighted by Crippen LogP contribution is -2.38. The van der Waals surface area contributed by atoms with E-state index in [9.17, 15) is 14.3 Å². The minimum absolute atomic E-state index is 0.0400. The number of benzene rings is 3. The van der Waals surface area contributed by atoms with Crippen molar-refractivity contribution < 1.29 is 23.8 Å². The van der Waals surface area contributed by atoms with Crippen LogP contribution in [0.25, 0.3) is 32.8 Å². The molecular weight excluding hydrogens is 621 g/mol. The molecule has 1 aliphatic heterocycles. The third kappa shape index (κ3) is 6.73. The average Bonchev–Trinajstić information content (AvgIpc) is 3.60. The van der Waals surface area contributed by atoms with E-state index in [-0.39, 0.29) is 17.6 Å². The molecule has 5 aromatic rings. The Labute approximate surface area is 278 Å². The molecule has 0 radical (unpaired) electrons. The quantitative estimate of drug-likeness (QED) is 0.120. The zero-order valence-electron chi connectivity index (χ0n) is 27.0. The van der Waals surface area contributed by atoms with Crippen molar-refractivity contribution in [2.45, 2.75) is 38.6 Å². The van der Waals surface area contributed by atoms with Crippen molar-refractivity contribution in [3.63, 3.8) is 0 Å². The molecule has 6 rings (SSSR count). The van der Waals surface area contributed by atoms with Gasteiger partial charge in [0.15, 0.2) is 0 Å². The SMILES string of the molecule is CCc1c(-c2c(Cl)ccc3c(CCCOc4cccc5cc(F)ccc45)c(C(=O)O)[nH]c23)c(C(CCN2CCOCC2)NC)nn1C. The van der Waals surface area contributed by atoms with Crippen LogP contribution in [0.3, 0.4) is 0 Å². The van der Waals surface area contributed by atoms with Gasteiger partial charge in [-0.2, -0.15) is 5.10 Å². The number of rotatable bonds is 13. The van der Waals surface area contributed by atoms with E-state index in [1.807, 2.05) is 49.1 Å². The van der Waals surface area contributed by atoms with E-state index in [4.69, 9.17) is 26.2 Å². The fraction of sp³-hybridized carbons (Fsp3) is 0.389. The number of fused-ring (bicyclic) bond motifs is 2. The smallest absolute Gasteiger partial charge is 0.352 e. The predicted molar refractivity (Wildman–Crippen MR) is 183 cm³/mol. The summed E-state index contributed by atoms with van der Waals surface area (Å²) in [5, 5.41) is 21.7. The number of carboxylic acids is 1. The van der Waals surface area contributed by atoms with Crippen molar-refractivity contribution in [2.24, 2.45) is 7.05 Å². The number of H-pyrrole nitrogens is 1. The Morgan fingerprint density at radius 1 is 1.17 bits per heavy atom. The van der Waals surface area contributed by atoms with Crippen LogP contribution in [0.15, 0.2) is 48.5 Å². The van der Waals surface area contributed by atoms with E-state index in [1.165, 1.54) is 12.1 Å². The number of aromatic carboxylic acids is 1. The number of aromatic nitrogens is 3. The molecule has 1 saturated heterocycles. The van der Waals surface area contributed by atoms with Crippen molar-refractivity contribution >= 4 is 39.2 Å². The van der Waals surface area contributed by atoms with Crippen molar-refractivity contribution in [2.75, 3.05) is 46.5 Å². The number of carbonyl (C=O) groups is 1. The number of ether oxygens (including phenoxy) is 2. The first kappa shape index (κ1) is 33.0. The molecule has 3 N–H and O–H groups in total. The zero-order valence-corrected chi connectivity index (χ0v) is 27.8. The van der Waals surface area contributed by atoms with Gasteiger partial charge >= 0.3 is 5.97 Å². The van der Waals surface area contributed by atoms with Crippen LogP contribution >= 0.6 is 11.6 Å². The summed E-state index contributed by atoms with van der Waals surface area (Å²) in [6, 6.07) is 13.9. The molecule has 1 aliphatic rings. The Morgan fingerprint density at radius 3 is 2.70 bits per heavy atom. The number of nitrogens with zero attached hydrogens (tertiary/aromatic N) is 3. The lowest BCUT2D eigenvalue weighted by Gasteiger charge is -2.28. The summed E-state index contributed by atoms with van der Waals surface area (Å²) < 4.78 is 27.3. The van der Waals surface area contributed by atoms with Gasteiger partial charge in [-0.1, -0.05) is 36.7 Å². The second kappa shape index (κ2) is 14.4. The highest BCUT2D eigenvalue weighted by molar-refractivity contribution is 6.35. The van der Waals surface area contributed by atoms with Crippen LogP contribution in [0.5, 0.6) is 5.75 Å². The van der Waals surface area contributed by atoms with Gasteiger partial charge in [-0.05, 0) is 74.0 Å². The number of nitrogens with one attached hydrogen (secondary N) is 2. The number of aryl methyl sites for hydroxylation is 2. The molecule has 1 atom stereocenters. The van der Waals surface area contributed by atoms with Gasteiger partial charge in [0, 0.05) is 54.3 Å². The van der Waals surface area contributed by atoms with Crippen molar-refractivity contribution in [1.29, 1.82) is 0 Å². The van der Waals surface area contributed by atoms with Crippen molar-refractivity contribution in [3.05, 3.63) is 82.0 Å². The summed E-state index contributed by atoms with van der Waals surface area (Å²) >= 11 is 7.00. The largest absolute Gasteiger partial charge is 0.493 e. The van der Waals surface area contributed by atoms with Crippen LogP contribution in [0.4, 0.5) is 4.39 Å². The van der Waals surface area contributed by atoms with Gasteiger partial charge in [-0.3, -0.25) is 9.58 Å². The second-order valence-corrected chi connectivity index (χ2v) is 12.4. The summed E-state index contributed by atoms with van der Waals surface area (Å²) in [5.74, 6) is -0.664. The number of hydrogen-bond acceptors (Lipinski definition) is 6. The van der Waals surface area contributed by atoms with Crippen LogP contribution in [-0.4, -0.2) is 77.2 Å². The average molecular weight is 662 g/mol. The fourth-order valence-electron chi connectivity index (χ4n) is 6.82. The minimum atomic E-state index is -1.03. The van der Waals surface area contributed by atoms with E-state index < -0.39 is 5.97 Å². The van der Waals surface area contributed by atoms with E-state index in [2.05, 4.69) is 22.1 Å². The molecule has 47 heavy (non-hydrogen) atoms. The number of aromatic amines is 1. The highest BCUT2D eigenvalue weighted by atomic mass is 35.5. The molecule has 11 heteroatoms. The van der Waals surface area contributed by atoms with Gasteiger partial charge in [0.2, 0.25) is 0 Å². The maximum atomic E-state index is 13.7. The Hall–Kier alpha value is -3.96. The Kier molecular flexibility index (Phi) is 10.1. The normalized spacial score (nSPS) is 14.7. The Balaban J connectivity index is 1.32. The van der Waals surface area contributed by atoms with Gasteiger partial charge in [0.05, 0.1) is 42.1 Å². The lowest BCUT2D eigenvalue weighted by molar-refractivity contribution is 0.0362.